The molecule has 0 saturated heterocycles. The molecule has 1 aromatic heterocycles. The first kappa shape index (κ1) is 27.6. The number of ether oxygens (including phenoxy) is 2. The molecular formula is C22H26BrClN4O5S. The quantitative estimate of drug-likeness (QED) is 0.140. The maximum atomic E-state index is 13.3. The van der Waals surface area contributed by atoms with Crippen molar-refractivity contribution in [1.29, 1.82) is 5.41 Å². The zero-order chi connectivity index (χ0) is 24.3. The standard InChI is InChI=1S/C22H25BrN4O5S.ClH/c1-4-32-21(29)19-15(11-33(30)17-8-6-5-7-16(17)31-3)27(2)14-9-13(23)20(28)12(18(14)19)10-26-22(24)25;/h5-9,28H,4,10-11H2,1-3H3,(H4,24,25,26);1H. The van der Waals surface area contributed by atoms with Crippen molar-refractivity contribution in [2.24, 2.45) is 12.8 Å². The highest BCUT2D eigenvalue weighted by atomic mass is 79.9. The molecule has 184 valence electrons. The third-order valence-corrected chi connectivity index (χ3v) is 7.12. The molecule has 0 saturated carbocycles. The number of hydrogen-bond donors (Lipinski definition) is 4. The van der Waals surface area contributed by atoms with Crippen molar-refractivity contribution >= 4 is 62.3 Å². The van der Waals surface area contributed by atoms with E-state index in [1.165, 1.54) is 7.11 Å². The largest absolute Gasteiger partial charge is 0.611 e. The lowest BCUT2D eigenvalue weighted by atomic mass is 10.0. The second-order valence-corrected chi connectivity index (χ2v) is 9.36. The van der Waals surface area contributed by atoms with Crippen LogP contribution in [0.2, 0.25) is 0 Å². The van der Waals surface area contributed by atoms with Crippen molar-refractivity contribution in [2.45, 2.75) is 24.1 Å². The number of carbonyl (C=O) groups is 1. The van der Waals surface area contributed by atoms with E-state index in [2.05, 4.69) is 21.2 Å². The van der Waals surface area contributed by atoms with E-state index in [-0.39, 0.29) is 48.6 Å². The van der Waals surface area contributed by atoms with Gasteiger partial charge in [0.1, 0.15) is 5.75 Å². The van der Waals surface area contributed by atoms with Crippen LogP contribution in [0.4, 0.5) is 0 Å². The summed E-state index contributed by atoms with van der Waals surface area (Å²) >= 11 is 1.81. The summed E-state index contributed by atoms with van der Waals surface area (Å²) in [5, 5.41) is 21.3. The predicted octanol–water partition coefficient (Wildman–Crippen LogP) is 3.54. The number of nitrogens with two attached hydrogens (primary N) is 1. The number of aromatic nitrogens is 1. The minimum atomic E-state index is -1.54. The summed E-state index contributed by atoms with van der Waals surface area (Å²) in [4.78, 5) is 13.6. The monoisotopic (exact) mass is 572 g/mol. The Balaban J connectivity index is 0.00000408. The van der Waals surface area contributed by atoms with Crippen LogP contribution in [-0.4, -0.2) is 39.9 Å². The van der Waals surface area contributed by atoms with Gasteiger partial charge in [0.2, 0.25) is 0 Å². The Hall–Kier alpha value is -2.60. The number of methoxy groups -OCH3 is 1. The molecule has 3 aromatic rings. The molecule has 5 N–H and O–H groups in total. The molecule has 34 heavy (non-hydrogen) atoms. The highest BCUT2D eigenvalue weighted by Crippen LogP contribution is 2.40. The van der Waals surface area contributed by atoms with Crippen molar-refractivity contribution in [2.75, 3.05) is 13.7 Å². The van der Waals surface area contributed by atoms with Crippen LogP contribution in [0.5, 0.6) is 11.5 Å². The van der Waals surface area contributed by atoms with Gasteiger partial charge in [-0.1, -0.05) is 12.1 Å². The molecule has 0 spiro atoms. The molecule has 9 nitrogen and oxygen atoms in total. The zero-order valence-electron chi connectivity index (χ0n) is 18.8. The fourth-order valence-corrected chi connectivity index (χ4v) is 5.44. The summed E-state index contributed by atoms with van der Waals surface area (Å²) in [6.07, 6.45) is 0. The van der Waals surface area contributed by atoms with Crippen molar-refractivity contribution in [3.8, 4) is 11.5 Å². The van der Waals surface area contributed by atoms with Crippen LogP contribution in [0, 0.1) is 5.41 Å². The van der Waals surface area contributed by atoms with Crippen LogP contribution < -0.4 is 15.8 Å². The molecule has 2 aromatic carbocycles. The minimum Gasteiger partial charge on any atom is -0.611 e. The highest BCUT2D eigenvalue weighted by molar-refractivity contribution is 9.10. The number of guanidine groups is 1. The molecule has 0 aliphatic carbocycles. The van der Waals surface area contributed by atoms with Gasteiger partial charge in [0.25, 0.3) is 0 Å². The Morgan fingerprint density at radius 1 is 1.38 bits per heavy atom. The number of nitrogens with one attached hydrogen (secondary N) is 2. The minimum absolute atomic E-state index is 0. The highest BCUT2D eigenvalue weighted by Gasteiger charge is 2.30. The van der Waals surface area contributed by atoms with Crippen LogP contribution in [0.3, 0.4) is 0 Å². The number of esters is 1. The summed E-state index contributed by atoms with van der Waals surface area (Å²) in [5.41, 5.74) is 7.11. The second kappa shape index (κ2) is 11.7. The van der Waals surface area contributed by atoms with E-state index in [9.17, 15) is 14.5 Å². The number of aryl methyl sites for hydroxylation is 1. The summed E-state index contributed by atoms with van der Waals surface area (Å²) < 4.78 is 26.2. The van der Waals surface area contributed by atoms with Gasteiger partial charge in [-0.25, -0.2) is 4.79 Å². The molecule has 12 heteroatoms. The number of benzene rings is 2. The van der Waals surface area contributed by atoms with Crippen molar-refractivity contribution in [3.05, 3.63) is 51.6 Å². The van der Waals surface area contributed by atoms with Crippen LogP contribution >= 0.6 is 28.3 Å². The summed E-state index contributed by atoms with van der Waals surface area (Å²) in [7, 11) is 3.26. The van der Waals surface area contributed by atoms with E-state index in [1.807, 2.05) is 0 Å². The van der Waals surface area contributed by atoms with Gasteiger partial charge in [0.15, 0.2) is 22.4 Å². The molecule has 1 atom stereocenters. The number of carbonyl (C=O) groups excluding carboxylic acids is 1. The number of nitrogens with zero attached hydrogens (tertiary/aromatic N) is 1. The molecule has 0 bridgehead atoms. The number of phenols is 1. The number of halogens is 2. The third-order valence-electron chi connectivity index (χ3n) is 5.16. The maximum absolute atomic E-state index is 13.3. The van der Waals surface area contributed by atoms with Crippen molar-refractivity contribution < 1.29 is 23.9 Å². The van der Waals surface area contributed by atoms with Crippen LogP contribution in [0.25, 0.3) is 10.9 Å². The van der Waals surface area contributed by atoms with Gasteiger partial charge in [-0.05, 0) is 52.2 Å². The number of rotatable bonds is 8. The van der Waals surface area contributed by atoms with E-state index in [1.54, 1.807) is 48.9 Å². The van der Waals surface area contributed by atoms with Crippen LogP contribution in [-0.2, 0) is 35.3 Å². The Morgan fingerprint density at radius 2 is 2.06 bits per heavy atom. The molecule has 1 unspecified atom stereocenters. The average Bonchev–Trinajstić information content (AvgIpc) is 3.05. The van der Waals surface area contributed by atoms with Gasteiger partial charge in [-0.15, -0.1) is 12.4 Å². The lowest BCUT2D eigenvalue weighted by Crippen LogP contribution is -2.29. The number of para-hydroxylation sites is 1. The first-order valence-corrected chi connectivity index (χ1v) is 12.1. The van der Waals surface area contributed by atoms with Gasteiger partial charge in [0, 0.05) is 24.5 Å². The van der Waals surface area contributed by atoms with E-state index >= 15 is 0 Å². The lowest BCUT2D eigenvalue weighted by Gasteiger charge is -2.15. The van der Waals surface area contributed by atoms with Crippen molar-refractivity contribution in [1.82, 2.24) is 9.88 Å². The SMILES string of the molecule is CCOC(=O)c1c(C[S+]([O-])c2ccccc2OC)n(C)c2cc(Br)c(O)c(CNC(=N)N)c12.Cl. The number of fused-ring (bicyclic) bond motifs is 1. The van der Waals surface area contributed by atoms with E-state index in [0.717, 1.165) is 0 Å². The number of hydrogen-bond acceptors (Lipinski definition) is 6. The molecular weight excluding hydrogens is 548 g/mol. The summed E-state index contributed by atoms with van der Waals surface area (Å²) in [6.45, 7) is 1.85. The van der Waals surface area contributed by atoms with Crippen molar-refractivity contribution in [3.63, 3.8) is 0 Å². The molecule has 0 amide bonds. The smallest absolute Gasteiger partial charge is 0.340 e. The Labute approximate surface area is 214 Å². The fraction of sp³-hybridized carbons (Fsp3) is 0.273. The fourth-order valence-electron chi connectivity index (χ4n) is 3.64. The predicted molar refractivity (Wildman–Crippen MR) is 137 cm³/mol. The van der Waals surface area contributed by atoms with Gasteiger partial charge in [-0.2, -0.15) is 0 Å². The average molecular weight is 574 g/mol. The van der Waals surface area contributed by atoms with Crippen LogP contribution in [0.1, 0.15) is 28.5 Å². The molecule has 1 heterocycles. The van der Waals surface area contributed by atoms with Gasteiger partial charge < -0.3 is 34.8 Å². The van der Waals surface area contributed by atoms with E-state index in [0.29, 0.717) is 37.3 Å². The topological polar surface area (TPSA) is 146 Å². The summed E-state index contributed by atoms with van der Waals surface area (Å²) in [6, 6.07) is 8.67. The normalized spacial score (nSPS) is 11.6. The van der Waals surface area contributed by atoms with Gasteiger partial charge in [0.05, 0.1) is 35.0 Å². The maximum Gasteiger partial charge on any atom is 0.340 e. The molecule has 0 aliphatic rings. The Kier molecular flexibility index (Phi) is 9.51. The number of aromatic hydroxyl groups is 1. The van der Waals surface area contributed by atoms with E-state index in [4.69, 9.17) is 20.6 Å². The van der Waals surface area contributed by atoms with Gasteiger partial charge in [-0.3, -0.25) is 5.41 Å². The van der Waals surface area contributed by atoms with Crippen LogP contribution in [0.15, 0.2) is 39.7 Å². The Bertz CT molecular complexity index is 1220. The molecule has 0 radical (unpaired) electrons. The zero-order valence-corrected chi connectivity index (χ0v) is 22.0. The summed E-state index contributed by atoms with van der Waals surface area (Å²) in [5.74, 6) is -0.476. The number of phenolic OH excluding ortho intramolecular Hbond substituents is 1. The lowest BCUT2D eigenvalue weighted by molar-refractivity contribution is 0.0527. The first-order chi connectivity index (χ1) is 15.7. The van der Waals surface area contributed by atoms with E-state index < -0.39 is 17.1 Å². The first-order valence-electron chi connectivity index (χ1n) is 9.99. The molecule has 3 rings (SSSR count). The molecule has 0 fully saturated rings. The second-order valence-electron chi connectivity index (χ2n) is 7.09. The third kappa shape index (κ3) is 5.38. The molecule has 0 aliphatic heterocycles. The van der Waals surface area contributed by atoms with Gasteiger partial charge >= 0.3 is 5.97 Å². The Morgan fingerprint density at radius 3 is 2.68 bits per heavy atom.